The second-order valence-corrected chi connectivity index (χ2v) is 26.2. The van der Waals surface area contributed by atoms with E-state index in [2.05, 4.69) is 196 Å². The van der Waals surface area contributed by atoms with Crippen molar-refractivity contribution in [3.05, 3.63) is 182 Å². The van der Waals surface area contributed by atoms with Crippen molar-refractivity contribution in [2.45, 2.75) is 20.3 Å². The Hall–Kier alpha value is -2.96. The summed E-state index contributed by atoms with van der Waals surface area (Å²) in [5.41, 5.74) is 0. The molecule has 6 aromatic rings. The summed E-state index contributed by atoms with van der Waals surface area (Å²) in [6.45, 7) is 4.89. The van der Waals surface area contributed by atoms with Gasteiger partial charge in [0.25, 0.3) is 0 Å². The van der Waals surface area contributed by atoms with Crippen LogP contribution < -0.4 is 31.8 Å². The second kappa shape index (κ2) is 19.8. The summed E-state index contributed by atoms with van der Waals surface area (Å²) >= 11 is 0. The molecule has 0 unspecified atom stereocenters. The van der Waals surface area contributed by atoms with Crippen LogP contribution in [0.1, 0.15) is 20.3 Å². The Kier molecular flexibility index (Phi) is 14.6. The molecule has 0 spiro atoms. The molecule has 0 saturated carbocycles. The predicted molar refractivity (Wildman–Crippen MR) is 239 cm³/mol. The summed E-state index contributed by atoms with van der Waals surface area (Å²) in [6, 6.07) is 68.7. The van der Waals surface area contributed by atoms with Crippen LogP contribution in [0.4, 0.5) is 0 Å². The maximum absolute atomic E-state index is 2.45. The molecule has 0 saturated heterocycles. The molecule has 0 fully saturated rings. The van der Waals surface area contributed by atoms with Gasteiger partial charge in [0.2, 0.25) is 0 Å². The first-order chi connectivity index (χ1) is 25.1. The van der Waals surface area contributed by atoms with Gasteiger partial charge in [-0.25, -0.2) is 0 Å². The topological polar surface area (TPSA) is 0 Å². The Morgan fingerprint density at radius 3 is 0.745 bits per heavy atom. The molecule has 0 aliphatic carbocycles. The van der Waals surface area contributed by atoms with Crippen LogP contribution in [0.3, 0.4) is 0 Å². The number of hydrogen-bond donors (Lipinski definition) is 0. The summed E-state index contributed by atoms with van der Waals surface area (Å²) < 4.78 is 0. The minimum atomic E-state index is -1.80. The van der Waals surface area contributed by atoms with Gasteiger partial charge in [-0.3, -0.25) is 0 Å². The molecule has 0 atom stereocenters. The van der Waals surface area contributed by atoms with Gasteiger partial charge in [-0.2, -0.15) is 0 Å². The number of hydrogen-bond acceptors (Lipinski definition) is 0. The molecule has 0 bridgehead atoms. The molecule has 51 heavy (non-hydrogen) atoms. The van der Waals surface area contributed by atoms with E-state index in [1.165, 1.54) is 81.4 Å². The van der Waals surface area contributed by atoms with Crippen LogP contribution in [0, 0.1) is 5.92 Å². The summed E-state index contributed by atoms with van der Waals surface area (Å²) in [7, 11) is -3.07. The molecule has 6 aromatic carbocycles. The van der Waals surface area contributed by atoms with Gasteiger partial charge >= 0.3 is 314 Å². The van der Waals surface area contributed by atoms with Crippen LogP contribution in [0.15, 0.2) is 182 Å². The van der Waals surface area contributed by atoms with Crippen molar-refractivity contribution >= 4 is 62.9 Å². The van der Waals surface area contributed by atoms with Crippen LogP contribution in [-0.2, 0) is 0 Å². The molecular formula is C47H54P4. The van der Waals surface area contributed by atoms with E-state index in [-0.39, 0.29) is 0 Å². The second-order valence-electron chi connectivity index (χ2n) is 14.2. The molecule has 0 aliphatic rings. The SMILES string of the molecule is CC(C)CC[PH](CCP(c1ccccc1)c1ccccc1)(CCP(c1ccccc1)c1ccccc1)CCP(c1ccccc1)c1ccccc1. The van der Waals surface area contributed by atoms with Crippen LogP contribution in [0.2, 0.25) is 0 Å². The van der Waals surface area contributed by atoms with E-state index in [9.17, 15) is 0 Å². The Balaban J connectivity index is 1.38. The van der Waals surface area contributed by atoms with Crippen LogP contribution >= 0.6 is 31.0 Å². The Labute approximate surface area is 312 Å². The third kappa shape index (κ3) is 11.0. The van der Waals surface area contributed by atoms with E-state index < -0.39 is 31.0 Å². The fourth-order valence-corrected chi connectivity index (χ4v) is 24.0. The molecule has 0 N–H and O–H groups in total. The molecular weight excluding hydrogens is 688 g/mol. The molecule has 0 nitrogen and oxygen atoms in total. The molecule has 4 heteroatoms. The van der Waals surface area contributed by atoms with E-state index in [1.54, 1.807) is 0 Å². The van der Waals surface area contributed by atoms with Crippen molar-refractivity contribution in [2.75, 3.05) is 43.1 Å². The molecule has 0 aromatic heterocycles. The Morgan fingerprint density at radius 2 is 0.549 bits per heavy atom. The van der Waals surface area contributed by atoms with Crippen LogP contribution in [0.5, 0.6) is 0 Å². The van der Waals surface area contributed by atoms with E-state index in [0.29, 0.717) is 0 Å². The standard InChI is InChI=1S/C47H54P4/c1-41(2)33-37-51(38-34-48(42-21-9-3-10-22-42)43-23-11-4-12-24-43,39-35-49(44-25-13-5-14-26-44)45-27-15-6-16-28-45)40-36-50(46-29-17-7-18-30-46)47-31-19-8-20-32-47/h3-32,41,51H,33-40H2,1-2H3. The average Bonchev–Trinajstić information content (AvgIpc) is 3.20. The zero-order valence-electron chi connectivity index (χ0n) is 30.4. The van der Waals surface area contributed by atoms with E-state index >= 15 is 0 Å². The molecule has 6 rings (SSSR count). The van der Waals surface area contributed by atoms with Gasteiger partial charge in [0, 0.05) is 0 Å². The third-order valence-electron chi connectivity index (χ3n) is 10.3. The first-order valence-electron chi connectivity index (χ1n) is 18.7. The van der Waals surface area contributed by atoms with Crippen molar-refractivity contribution in [3.63, 3.8) is 0 Å². The first kappa shape index (κ1) is 37.8. The summed E-state index contributed by atoms with van der Waals surface area (Å²) in [6.07, 6.45) is 10.8. The summed E-state index contributed by atoms with van der Waals surface area (Å²) in [5, 5.41) is 9.15. The van der Waals surface area contributed by atoms with Crippen molar-refractivity contribution in [1.29, 1.82) is 0 Å². The van der Waals surface area contributed by atoms with Gasteiger partial charge in [0.15, 0.2) is 0 Å². The van der Waals surface area contributed by atoms with E-state index in [1.807, 2.05) is 0 Å². The predicted octanol–water partition coefficient (Wildman–Crippen LogP) is 10.2. The Bertz CT molecular complexity index is 1490. The van der Waals surface area contributed by atoms with Gasteiger partial charge in [-0.05, 0) is 0 Å². The van der Waals surface area contributed by atoms with Crippen LogP contribution in [0.25, 0.3) is 0 Å². The molecule has 0 aliphatic heterocycles. The zero-order valence-corrected chi connectivity index (χ0v) is 34.1. The molecule has 0 radical (unpaired) electrons. The average molecular weight is 743 g/mol. The number of benzene rings is 6. The third-order valence-corrected chi connectivity index (χ3v) is 24.3. The van der Waals surface area contributed by atoms with E-state index in [0.717, 1.165) is 5.92 Å². The molecule has 0 heterocycles. The maximum atomic E-state index is 2.45. The summed E-state index contributed by atoms with van der Waals surface area (Å²) in [5.74, 6) is 0.719. The van der Waals surface area contributed by atoms with Gasteiger partial charge in [0.05, 0.1) is 0 Å². The zero-order chi connectivity index (χ0) is 35.1. The monoisotopic (exact) mass is 742 g/mol. The number of rotatable bonds is 18. The van der Waals surface area contributed by atoms with Gasteiger partial charge in [0.1, 0.15) is 0 Å². The molecule has 0 amide bonds. The van der Waals surface area contributed by atoms with Crippen molar-refractivity contribution < 1.29 is 0 Å². The molecule has 262 valence electrons. The van der Waals surface area contributed by atoms with Gasteiger partial charge in [-0.15, -0.1) is 0 Å². The minimum absolute atomic E-state index is 0.423. The van der Waals surface area contributed by atoms with Gasteiger partial charge in [-0.1, -0.05) is 0 Å². The van der Waals surface area contributed by atoms with Crippen molar-refractivity contribution in [1.82, 2.24) is 0 Å². The normalized spacial score (nSPS) is 12.2. The fourth-order valence-electron chi connectivity index (χ4n) is 7.26. The van der Waals surface area contributed by atoms with Crippen molar-refractivity contribution in [2.24, 2.45) is 5.92 Å². The summed E-state index contributed by atoms with van der Waals surface area (Å²) in [4.78, 5) is 0. The fraction of sp³-hybridized carbons (Fsp3) is 0.234. The van der Waals surface area contributed by atoms with Crippen molar-refractivity contribution in [3.8, 4) is 0 Å². The van der Waals surface area contributed by atoms with E-state index in [4.69, 9.17) is 0 Å². The van der Waals surface area contributed by atoms with Crippen LogP contribution in [-0.4, -0.2) is 43.1 Å². The Morgan fingerprint density at radius 1 is 0.333 bits per heavy atom. The van der Waals surface area contributed by atoms with Gasteiger partial charge < -0.3 is 0 Å². The quantitative estimate of drug-likeness (QED) is 0.0770. The first-order valence-corrected chi connectivity index (χ1v) is 26.1.